The highest BCUT2D eigenvalue weighted by Crippen LogP contribution is 2.59. The minimum Gasteiger partial charge on any atom is -0.339 e. The molecule has 0 atom stereocenters. The number of halogens is 3. The Morgan fingerprint density at radius 1 is 1.12 bits per heavy atom. The first-order valence-electron chi connectivity index (χ1n) is 12.1. The average Bonchev–Trinajstić information content (AvgIpc) is 3.58. The molecule has 2 aromatic heterocycles. The normalized spacial score (nSPS) is 25.7. The minimum absolute atomic E-state index is 0.0100. The first-order valence-corrected chi connectivity index (χ1v) is 12.1. The Morgan fingerprint density at radius 3 is 2.50 bits per heavy atom. The molecule has 2 amide bonds. The molecule has 9 nitrogen and oxygen atoms in total. The molecular weight excluding hydrogens is 451 g/mol. The van der Waals surface area contributed by atoms with Gasteiger partial charge in [-0.1, -0.05) is 5.16 Å². The molecule has 4 heterocycles. The number of carbonyl (C=O) groups excluding carboxylic acids is 1. The summed E-state index contributed by atoms with van der Waals surface area (Å²) in [5.74, 6) is 1.86. The fraction of sp³-hybridized carbons (Fsp3) is 0.773. The van der Waals surface area contributed by atoms with E-state index >= 15 is 0 Å². The van der Waals surface area contributed by atoms with Gasteiger partial charge in [-0.25, -0.2) is 14.5 Å². The van der Waals surface area contributed by atoms with E-state index in [0.29, 0.717) is 30.9 Å². The first-order chi connectivity index (χ1) is 16.2. The second-order valence-corrected chi connectivity index (χ2v) is 11.2. The molecule has 0 unspecified atom stereocenters. The number of urea groups is 1. The van der Waals surface area contributed by atoms with Crippen LogP contribution in [0.4, 0.5) is 18.0 Å². The number of likely N-dealkylation sites (tertiary alicyclic amines) is 2. The number of amides is 2. The summed E-state index contributed by atoms with van der Waals surface area (Å²) in [7, 11) is 0. The highest BCUT2D eigenvalue weighted by atomic mass is 19.4. The van der Waals surface area contributed by atoms with Crippen molar-refractivity contribution in [3.8, 4) is 0 Å². The second-order valence-electron chi connectivity index (χ2n) is 11.2. The number of aromatic nitrogens is 5. The van der Waals surface area contributed by atoms with Crippen LogP contribution in [0.3, 0.4) is 0 Å². The van der Waals surface area contributed by atoms with Crippen molar-refractivity contribution in [2.45, 2.75) is 69.0 Å². The monoisotopic (exact) mass is 477 g/mol. The van der Waals surface area contributed by atoms with E-state index < -0.39 is 11.6 Å². The summed E-state index contributed by atoms with van der Waals surface area (Å²) in [6.07, 6.45) is 2.05. The van der Waals surface area contributed by atoms with Crippen molar-refractivity contribution in [1.82, 2.24) is 34.7 Å². The van der Waals surface area contributed by atoms with Crippen LogP contribution in [0.15, 0.2) is 10.9 Å². The highest BCUT2D eigenvalue weighted by molar-refractivity contribution is 5.76. The molecule has 0 radical (unpaired) electrons. The van der Waals surface area contributed by atoms with E-state index in [1.54, 1.807) is 4.90 Å². The van der Waals surface area contributed by atoms with Crippen molar-refractivity contribution in [2.75, 3.05) is 26.2 Å². The summed E-state index contributed by atoms with van der Waals surface area (Å²) in [5.41, 5.74) is -1.48. The largest absolute Gasteiger partial charge is 0.394 e. The van der Waals surface area contributed by atoms with Crippen LogP contribution < -0.4 is 0 Å². The molecule has 2 aliphatic heterocycles. The average molecular weight is 477 g/mol. The maximum atomic E-state index is 13.2. The summed E-state index contributed by atoms with van der Waals surface area (Å²) in [6, 6.07) is 0.389. The number of hydrogen-bond donors (Lipinski definition) is 0. The molecule has 7 rings (SSSR count). The lowest BCUT2D eigenvalue weighted by molar-refractivity contribution is -0.187. The fourth-order valence-electron chi connectivity index (χ4n) is 5.79. The standard InChI is InChI=1S/C22H26F3N7O2/c23-22(24,25)21(3-4-21)7-16-27-18(34-29-16)14-8-30(9-14)19(33)31-10-20(11-31)5-15(6-20)32-12-26-17(28-32)13-1-2-13/h12-15H,1-11H2. The molecule has 12 heteroatoms. The summed E-state index contributed by atoms with van der Waals surface area (Å²) < 4.78 is 46.7. The molecule has 2 aromatic rings. The van der Waals surface area contributed by atoms with E-state index in [2.05, 4.69) is 20.2 Å². The van der Waals surface area contributed by atoms with Gasteiger partial charge >= 0.3 is 12.2 Å². The van der Waals surface area contributed by atoms with E-state index in [-0.39, 0.29) is 42.5 Å². The van der Waals surface area contributed by atoms with Crippen molar-refractivity contribution in [2.24, 2.45) is 10.8 Å². The molecular formula is C22H26F3N7O2. The number of carbonyl (C=O) groups is 1. The summed E-state index contributed by atoms with van der Waals surface area (Å²) in [6.45, 7) is 2.44. The Bertz CT molecular complexity index is 1120. The van der Waals surface area contributed by atoms with Gasteiger partial charge in [0.2, 0.25) is 5.89 Å². The predicted octanol–water partition coefficient (Wildman–Crippen LogP) is 3.28. The lowest BCUT2D eigenvalue weighted by Crippen LogP contribution is -2.67. The minimum atomic E-state index is -4.24. The van der Waals surface area contributed by atoms with E-state index in [0.717, 1.165) is 31.8 Å². The molecule has 182 valence electrons. The van der Waals surface area contributed by atoms with Gasteiger partial charge in [0, 0.05) is 43.9 Å². The Labute approximate surface area is 193 Å². The topological polar surface area (TPSA) is 93.2 Å². The van der Waals surface area contributed by atoms with Crippen LogP contribution >= 0.6 is 0 Å². The van der Waals surface area contributed by atoms with Crippen molar-refractivity contribution in [1.29, 1.82) is 0 Å². The number of rotatable bonds is 5. The molecule has 3 saturated carbocycles. The third-order valence-corrected chi connectivity index (χ3v) is 8.44. The Morgan fingerprint density at radius 2 is 1.85 bits per heavy atom. The first kappa shape index (κ1) is 20.7. The Hall–Kier alpha value is -2.66. The van der Waals surface area contributed by atoms with Gasteiger partial charge in [0.25, 0.3) is 0 Å². The highest BCUT2D eigenvalue weighted by Gasteiger charge is 2.63. The van der Waals surface area contributed by atoms with Gasteiger partial charge < -0.3 is 14.3 Å². The predicted molar refractivity (Wildman–Crippen MR) is 110 cm³/mol. The van der Waals surface area contributed by atoms with Gasteiger partial charge in [-0.3, -0.25) is 0 Å². The van der Waals surface area contributed by atoms with Gasteiger partial charge in [0.1, 0.15) is 6.33 Å². The van der Waals surface area contributed by atoms with Crippen LogP contribution in [0.1, 0.15) is 73.9 Å². The molecule has 2 saturated heterocycles. The van der Waals surface area contributed by atoms with Crippen LogP contribution in [0, 0.1) is 10.8 Å². The maximum Gasteiger partial charge on any atom is 0.394 e. The SMILES string of the molecule is O=C(N1CC(c2nc(CC3(C(F)(F)F)CC3)no2)C1)N1CC2(CC(n3cnc(C4CC4)n3)C2)C1. The van der Waals surface area contributed by atoms with Crippen molar-refractivity contribution in [3.05, 3.63) is 23.9 Å². The van der Waals surface area contributed by atoms with Crippen LogP contribution in [0.2, 0.25) is 0 Å². The number of hydrogen-bond acceptors (Lipinski definition) is 6. The molecule has 1 spiro atoms. The van der Waals surface area contributed by atoms with Crippen LogP contribution in [-0.2, 0) is 6.42 Å². The summed E-state index contributed by atoms with van der Waals surface area (Å²) >= 11 is 0. The van der Waals surface area contributed by atoms with Crippen molar-refractivity contribution < 1.29 is 22.5 Å². The molecule has 34 heavy (non-hydrogen) atoms. The van der Waals surface area contributed by atoms with E-state index in [1.807, 2.05) is 15.9 Å². The fourth-order valence-corrected chi connectivity index (χ4v) is 5.79. The lowest BCUT2D eigenvalue weighted by atomic mass is 9.61. The zero-order valence-electron chi connectivity index (χ0n) is 18.7. The molecule has 5 aliphatic rings. The number of alkyl halides is 3. The Balaban J connectivity index is 0.877. The zero-order valence-corrected chi connectivity index (χ0v) is 18.7. The third-order valence-electron chi connectivity index (χ3n) is 8.44. The quantitative estimate of drug-likeness (QED) is 0.656. The summed E-state index contributed by atoms with van der Waals surface area (Å²) in [4.78, 5) is 25.1. The van der Waals surface area contributed by atoms with Gasteiger partial charge in [0.15, 0.2) is 11.6 Å². The molecule has 0 bridgehead atoms. The van der Waals surface area contributed by atoms with Gasteiger partial charge in [-0.05, 0) is 38.5 Å². The van der Waals surface area contributed by atoms with Crippen LogP contribution in [0.25, 0.3) is 0 Å². The smallest absolute Gasteiger partial charge is 0.339 e. The molecule has 5 fully saturated rings. The van der Waals surface area contributed by atoms with E-state index in [4.69, 9.17) is 4.52 Å². The van der Waals surface area contributed by atoms with E-state index in [1.165, 1.54) is 12.8 Å². The van der Waals surface area contributed by atoms with Crippen molar-refractivity contribution >= 4 is 6.03 Å². The molecule has 0 aromatic carbocycles. The molecule has 0 N–H and O–H groups in total. The number of nitrogens with zero attached hydrogens (tertiary/aromatic N) is 7. The third kappa shape index (κ3) is 3.24. The van der Waals surface area contributed by atoms with Gasteiger partial charge in [-0.15, -0.1) is 0 Å². The summed E-state index contributed by atoms with van der Waals surface area (Å²) in [5, 5.41) is 8.40. The van der Waals surface area contributed by atoms with E-state index in [9.17, 15) is 18.0 Å². The Kier molecular flexibility index (Phi) is 4.09. The second kappa shape index (κ2) is 6.72. The van der Waals surface area contributed by atoms with Crippen molar-refractivity contribution in [3.63, 3.8) is 0 Å². The zero-order chi connectivity index (χ0) is 23.3. The van der Waals surface area contributed by atoms with Crippen LogP contribution in [0.5, 0.6) is 0 Å². The maximum absolute atomic E-state index is 13.2. The van der Waals surface area contributed by atoms with Gasteiger partial charge in [-0.2, -0.15) is 23.3 Å². The molecule has 3 aliphatic carbocycles. The van der Waals surface area contributed by atoms with Gasteiger partial charge in [0.05, 0.1) is 17.4 Å². The lowest BCUT2D eigenvalue weighted by Gasteiger charge is -2.59. The van der Waals surface area contributed by atoms with Crippen LogP contribution in [-0.4, -0.2) is 73.1 Å².